The number of carbonyl (C=O) groups excluding carboxylic acids is 2. The fraction of sp³-hybridized carbons (Fsp3) is 0.364. The molecule has 1 heterocycles. The molecule has 9 heteroatoms. The van der Waals surface area contributed by atoms with E-state index in [4.69, 9.17) is 0 Å². The van der Waals surface area contributed by atoms with E-state index >= 15 is 0 Å². The van der Waals surface area contributed by atoms with Crippen molar-refractivity contribution >= 4 is 23.7 Å². The number of nitrogens with one attached hydrogen (secondary N) is 2. The molecule has 0 aliphatic carbocycles. The van der Waals surface area contributed by atoms with Crippen LogP contribution in [0.25, 0.3) is 6.08 Å². The van der Waals surface area contributed by atoms with Crippen LogP contribution in [0.5, 0.6) is 0 Å². The SMILES string of the molecule is CC(=O)NCCNC(=O)C=Cc1cn(C)nc1[N+](=O)[O-]. The average Bonchev–Trinajstić information content (AvgIpc) is 2.73. The van der Waals surface area contributed by atoms with Crippen molar-refractivity contribution in [2.45, 2.75) is 6.92 Å². The molecule has 0 fully saturated rings. The van der Waals surface area contributed by atoms with Crippen molar-refractivity contribution < 1.29 is 14.5 Å². The van der Waals surface area contributed by atoms with E-state index in [1.165, 1.54) is 30.0 Å². The van der Waals surface area contributed by atoms with Gasteiger partial charge in [-0.15, -0.1) is 0 Å². The van der Waals surface area contributed by atoms with Gasteiger partial charge in [0.15, 0.2) is 0 Å². The highest BCUT2D eigenvalue weighted by Gasteiger charge is 2.16. The van der Waals surface area contributed by atoms with E-state index in [1.807, 2.05) is 0 Å². The third kappa shape index (κ3) is 4.88. The first-order valence-electron chi connectivity index (χ1n) is 5.78. The lowest BCUT2D eigenvalue weighted by atomic mass is 10.3. The van der Waals surface area contributed by atoms with Crippen LogP contribution in [0.2, 0.25) is 0 Å². The lowest BCUT2D eigenvalue weighted by molar-refractivity contribution is -0.390. The van der Waals surface area contributed by atoms with Crippen molar-refractivity contribution in [1.29, 1.82) is 0 Å². The first-order chi connectivity index (χ1) is 9.40. The molecule has 1 aromatic heterocycles. The summed E-state index contributed by atoms with van der Waals surface area (Å²) in [7, 11) is 1.55. The molecule has 0 atom stereocenters. The van der Waals surface area contributed by atoms with Crippen LogP contribution in [0.3, 0.4) is 0 Å². The molecule has 9 nitrogen and oxygen atoms in total. The van der Waals surface area contributed by atoms with Gasteiger partial charge in [0, 0.05) is 26.1 Å². The van der Waals surface area contributed by atoms with Crippen molar-refractivity contribution in [1.82, 2.24) is 20.4 Å². The Bertz CT molecular complexity index is 549. The van der Waals surface area contributed by atoms with Crippen molar-refractivity contribution in [2.24, 2.45) is 7.05 Å². The summed E-state index contributed by atoms with van der Waals surface area (Å²) < 4.78 is 1.30. The van der Waals surface area contributed by atoms with Crippen molar-refractivity contribution in [2.75, 3.05) is 13.1 Å². The molecule has 108 valence electrons. The van der Waals surface area contributed by atoms with Crippen molar-refractivity contribution in [3.05, 3.63) is 28.0 Å². The number of nitro groups is 1. The van der Waals surface area contributed by atoms with Gasteiger partial charge in [0.2, 0.25) is 11.8 Å². The minimum Gasteiger partial charge on any atom is -0.358 e. The van der Waals surface area contributed by atoms with E-state index in [-0.39, 0.29) is 23.8 Å². The monoisotopic (exact) mass is 281 g/mol. The maximum atomic E-state index is 11.4. The van der Waals surface area contributed by atoms with Gasteiger partial charge in [0.25, 0.3) is 0 Å². The molecule has 0 unspecified atom stereocenters. The molecule has 1 aromatic rings. The summed E-state index contributed by atoms with van der Waals surface area (Å²) in [6.07, 6.45) is 3.94. The minimum atomic E-state index is -0.617. The standard InChI is InChI=1S/C11H15N5O4/c1-8(17)12-5-6-13-10(18)4-3-9-7-15(2)14-11(9)16(19)20/h3-4,7H,5-6H2,1-2H3,(H,12,17)(H,13,18). The Kier molecular flexibility index (Phi) is 5.39. The Morgan fingerprint density at radius 1 is 1.45 bits per heavy atom. The molecule has 0 saturated heterocycles. The first-order valence-corrected chi connectivity index (χ1v) is 5.78. The molecule has 0 aliphatic rings. The largest absolute Gasteiger partial charge is 0.397 e. The van der Waals surface area contributed by atoms with Crippen LogP contribution in [-0.4, -0.2) is 39.6 Å². The van der Waals surface area contributed by atoms with E-state index in [1.54, 1.807) is 7.05 Å². The second-order valence-corrected chi connectivity index (χ2v) is 3.95. The van der Waals surface area contributed by atoms with E-state index in [2.05, 4.69) is 15.7 Å². The van der Waals surface area contributed by atoms with Gasteiger partial charge in [-0.05, 0) is 11.0 Å². The van der Waals surface area contributed by atoms with Crippen molar-refractivity contribution in [3.8, 4) is 0 Å². The van der Waals surface area contributed by atoms with Gasteiger partial charge >= 0.3 is 5.82 Å². The summed E-state index contributed by atoms with van der Waals surface area (Å²) >= 11 is 0. The molecule has 1 rings (SSSR count). The third-order valence-electron chi connectivity index (χ3n) is 2.22. The number of nitrogens with zero attached hydrogens (tertiary/aromatic N) is 3. The first kappa shape index (κ1) is 15.3. The van der Waals surface area contributed by atoms with Crippen molar-refractivity contribution in [3.63, 3.8) is 0 Å². The Morgan fingerprint density at radius 3 is 2.70 bits per heavy atom. The number of amides is 2. The van der Waals surface area contributed by atoms with Crippen LogP contribution in [0.4, 0.5) is 5.82 Å². The second kappa shape index (κ2) is 7.02. The number of aromatic nitrogens is 2. The summed E-state index contributed by atoms with van der Waals surface area (Å²) in [4.78, 5) is 32.1. The van der Waals surface area contributed by atoms with E-state index in [9.17, 15) is 19.7 Å². The molecule has 2 N–H and O–H groups in total. The molecule has 0 saturated carbocycles. The number of hydrogen-bond acceptors (Lipinski definition) is 5. The molecule has 0 bridgehead atoms. The van der Waals surface area contributed by atoms with E-state index in [0.29, 0.717) is 6.54 Å². The summed E-state index contributed by atoms with van der Waals surface area (Å²) in [6, 6.07) is 0. The summed E-state index contributed by atoms with van der Waals surface area (Å²) in [5.41, 5.74) is 0.245. The van der Waals surface area contributed by atoms with Gasteiger partial charge in [-0.2, -0.15) is 4.68 Å². The smallest absolute Gasteiger partial charge is 0.358 e. The van der Waals surface area contributed by atoms with Crippen LogP contribution < -0.4 is 10.6 Å². The van der Waals surface area contributed by atoms with Crippen LogP contribution in [0.1, 0.15) is 12.5 Å². The van der Waals surface area contributed by atoms with E-state index < -0.39 is 10.8 Å². The fourth-order valence-electron chi connectivity index (χ4n) is 1.40. The van der Waals surface area contributed by atoms with Gasteiger partial charge in [-0.25, -0.2) is 0 Å². The number of carbonyl (C=O) groups is 2. The molecule has 0 spiro atoms. The number of hydrogen-bond donors (Lipinski definition) is 2. The summed E-state index contributed by atoms with van der Waals surface area (Å²) in [6.45, 7) is 1.98. The number of aryl methyl sites for hydroxylation is 1. The topological polar surface area (TPSA) is 119 Å². The fourth-order valence-corrected chi connectivity index (χ4v) is 1.40. The predicted molar refractivity (Wildman–Crippen MR) is 70.6 cm³/mol. The van der Waals surface area contributed by atoms with Gasteiger partial charge in [-0.1, -0.05) is 0 Å². The van der Waals surface area contributed by atoms with Gasteiger partial charge in [0.1, 0.15) is 0 Å². The second-order valence-electron chi connectivity index (χ2n) is 3.95. The third-order valence-corrected chi connectivity index (χ3v) is 2.22. The Hall–Kier alpha value is -2.71. The molecular formula is C11H15N5O4. The zero-order valence-corrected chi connectivity index (χ0v) is 11.1. The minimum absolute atomic E-state index is 0.180. The van der Waals surface area contributed by atoms with Gasteiger partial charge in [-0.3, -0.25) is 9.59 Å². The molecule has 0 radical (unpaired) electrons. The Balaban J connectivity index is 2.53. The summed E-state index contributed by atoms with van der Waals surface area (Å²) in [5, 5.41) is 19.4. The highest BCUT2D eigenvalue weighted by atomic mass is 16.6. The molecule has 0 aromatic carbocycles. The highest BCUT2D eigenvalue weighted by Crippen LogP contribution is 2.16. The normalized spacial score (nSPS) is 10.5. The molecule has 0 aliphatic heterocycles. The van der Waals surface area contributed by atoms with Gasteiger partial charge < -0.3 is 20.7 Å². The Labute approximate surface area is 114 Å². The maximum absolute atomic E-state index is 11.4. The lowest BCUT2D eigenvalue weighted by Gasteiger charge is -2.02. The average molecular weight is 281 g/mol. The predicted octanol–water partition coefficient (Wildman–Crippen LogP) is -0.406. The van der Waals surface area contributed by atoms with Crippen LogP contribution in [0.15, 0.2) is 12.3 Å². The van der Waals surface area contributed by atoms with E-state index in [0.717, 1.165) is 0 Å². The number of rotatable bonds is 6. The zero-order chi connectivity index (χ0) is 15.1. The quantitative estimate of drug-likeness (QED) is 0.318. The van der Waals surface area contributed by atoms with Crippen LogP contribution in [0, 0.1) is 10.1 Å². The van der Waals surface area contributed by atoms with Crippen LogP contribution >= 0.6 is 0 Å². The zero-order valence-electron chi connectivity index (χ0n) is 11.1. The molecule has 2 amide bonds. The molecule has 20 heavy (non-hydrogen) atoms. The van der Waals surface area contributed by atoms with Gasteiger partial charge in [0.05, 0.1) is 23.9 Å². The highest BCUT2D eigenvalue weighted by molar-refractivity contribution is 5.92. The summed E-state index contributed by atoms with van der Waals surface area (Å²) in [5.74, 6) is -0.899. The Morgan fingerprint density at radius 2 is 2.10 bits per heavy atom. The lowest BCUT2D eigenvalue weighted by Crippen LogP contribution is -2.32. The van der Waals surface area contributed by atoms with Crippen LogP contribution in [-0.2, 0) is 16.6 Å². The molecular weight excluding hydrogens is 266 g/mol. The maximum Gasteiger partial charge on any atom is 0.397 e.